The van der Waals surface area contributed by atoms with Crippen molar-refractivity contribution in [1.29, 1.82) is 0 Å². The zero-order valence-electron chi connectivity index (χ0n) is 14.0. The van der Waals surface area contributed by atoms with Gasteiger partial charge in [0.2, 0.25) is 0 Å². The van der Waals surface area contributed by atoms with Gasteiger partial charge in [-0.2, -0.15) is 0 Å². The van der Waals surface area contributed by atoms with Crippen molar-refractivity contribution < 1.29 is 4.74 Å². The van der Waals surface area contributed by atoms with Crippen LogP contribution in [0.3, 0.4) is 0 Å². The summed E-state index contributed by atoms with van der Waals surface area (Å²) in [6.07, 6.45) is 1.45. The van der Waals surface area contributed by atoms with Crippen molar-refractivity contribution in [3.63, 3.8) is 0 Å². The van der Waals surface area contributed by atoms with Gasteiger partial charge in [-0.1, -0.05) is 32.0 Å². The zero-order chi connectivity index (χ0) is 15.2. The summed E-state index contributed by atoms with van der Waals surface area (Å²) >= 11 is 0. The Labute approximate surface area is 129 Å². The van der Waals surface area contributed by atoms with E-state index in [1.54, 1.807) is 0 Å². The lowest BCUT2D eigenvalue weighted by Crippen LogP contribution is -2.48. The zero-order valence-corrected chi connectivity index (χ0v) is 14.0. The van der Waals surface area contributed by atoms with E-state index in [0.717, 1.165) is 26.2 Å². The normalized spacial score (nSPS) is 21.4. The van der Waals surface area contributed by atoms with Gasteiger partial charge in [0.15, 0.2) is 0 Å². The van der Waals surface area contributed by atoms with E-state index in [0.29, 0.717) is 0 Å². The largest absolute Gasteiger partial charge is 0.374 e. The third kappa shape index (κ3) is 4.06. The predicted octanol–water partition coefficient (Wildman–Crippen LogP) is 3.06. The molecule has 0 aliphatic carbocycles. The van der Waals surface area contributed by atoms with Crippen molar-refractivity contribution in [3.8, 4) is 0 Å². The van der Waals surface area contributed by atoms with Crippen molar-refractivity contribution in [2.75, 3.05) is 32.8 Å². The third-order valence-electron chi connectivity index (χ3n) is 4.49. The average Bonchev–Trinajstić information content (AvgIpc) is 2.49. The maximum atomic E-state index is 6.11. The summed E-state index contributed by atoms with van der Waals surface area (Å²) in [6.45, 7) is 13.9. The summed E-state index contributed by atoms with van der Waals surface area (Å²) in [5.74, 6) is 0. The number of benzene rings is 1. The molecular weight excluding hydrogens is 260 g/mol. The Bertz CT molecular complexity index is 445. The summed E-state index contributed by atoms with van der Waals surface area (Å²) in [4.78, 5) is 2.53. The fourth-order valence-electron chi connectivity index (χ4n) is 3.22. The van der Waals surface area contributed by atoms with Crippen LogP contribution in [-0.4, -0.2) is 43.8 Å². The molecule has 0 radical (unpaired) electrons. The highest BCUT2D eigenvalue weighted by molar-refractivity contribution is 5.36. The summed E-state index contributed by atoms with van der Waals surface area (Å²) in [5.41, 5.74) is 4.14. The first-order valence-corrected chi connectivity index (χ1v) is 8.30. The van der Waals surface area contributed by atoms with Crippen LogP contribution < -0.4 is 5.32 Å². The van der Waals surface area contributed by atoms with E-state index in [-0.39, 0.29) is 12.1 Å². The third-order valence-corrected chi connectivity index (χ3v) is 4.49. The quantitative estimate of drug-likeness (QED) is 0.871. The lowest BCUT2D eigenvalue weighted by Gasteiger charge is -2.38. The Balaban J connectivity index is 2.19. The smallest absolute Gasteiger partial charge is 0.0897 e. The van der Waals surface area contributed by atoms with E-state index in [1.165, 1.54) is 29.7 Å². The fourth-order valence-corrected chi connectivity index (χ4v) is 3.22. The summed E-state index contributed by atoms with van der Waals surface area (Å²) in [5, 5.41) is 3.65. The molecule has 2 atom stereocenters. The van der Waals surface area contributed by atoms with Crippen molar-refractivity contribution in [3.05, 3.63) is 34.9 Å². The Morgan fingerprint density at radius 1 is 1.33 bits per heavy atom. The van der Waals surface area contributed by atoms with Gasteiger partial charge >= 0.3 is 0 Å². The van der Waals surface area contributed by atoms with Gasteiger partial charge in [-0.3, -0.25) is 4.90 Å². The van der Waals surface area contributed by atoms with Crippen LogP contribution in [0.15, 0.2) is 18.2 Å². The van der Waals surface area contributed by atoms with Crippen LogP contribution in [0.1, 0.15) is 43.0 Å². The second-order valence-corrected chi connectivity index (χ2v) is 6.03. The Hall–Kier alpha value is -0.900. The van der Waals surface area contributed by atoms with Crippen LogP contribution in [0.4, 0.5) is 0 Å². The fraction of sp³-hybridized carbons (Fsp3) is 0.667. The van der Waals surface area contributed by atoms with Crippen molar-refractivity contribution >= 4 is 0 Å². The van der Waals surface area contributed by atoms with Gasteiger partial charge in [0, 0.05) is 13.1 Å². The van der Waals surface area contributed by atoms with Crippen LogP contribution in [0, 0.1) is 13.8 Å². The highest BCUT2D eigenvalue weighted by Gasteiger charge is 2.29. The molecule has 1 aromatic carbocycles. The number of nitrogens with zero attached hydrogens (tertiary/aromatic N) is 1. The van der Waals surface area contributed by atoms with E-state index in [9.17, 15) is 0 Å². The number of ether oxygens (including phenoxy) is 1. The molecule has 1 aliphatic rings. The number of aryl methyl sites for hydroxylation is 1. The molecule has 3 nitrogen and oxygen atoms in total. The molecule has 118 valence electrons. The molecule has 1 aliphatic heterocycles. The van der Waals surface area contributed by atoms with Crippen LogP contribution in [0.5, 0.6) is 0 Å². The standard InChI is InChI=1S/C18H30N2O/c1-5-10-20-11-12-21-17(13-20)18(19-6-2)16-9-7-8-14(3)15(16)4/h7-9,17-19H,5-6,10-13H2,1-4H3. The van der Waals surface area contributed by atoms with Gasteiger partial charge in [0.25, 0.3) is 0 Å². The minimum Gasteiger partial charge on any atom is -0.374 e. The van der Waals surface area contributed by atoms with Crippen LogP contribution in [0.2, 0.25) is 0 Å². The molecule has 0 aromatic heterocycles. The summed E-state index contributed by atoms with van der Waals surface area (Å²) in [7, 11) is 0. The minimum absolute atomic E-state index is 0.241. The number of hydrogen-bond acceptors (Lipinski definition) is 3. The lowest BCUT2D eigenvalue weighted by molar-refractivity contribution is -0.0469. The summed E-state index contributed by atoms with van der Waals surface area (Å²) in [6, 6.07) is 6.88. The van der Waals surface area contributed by atoms with Crippen molar-refractivity contribution in [2.45, 2.75) is 46.3 Å². The highest BCUT2D eigenvalue weighted by atomic mass is 16.5. The molecule has 0 bridgehead atoms. The molecule has 1 saturated heterocycles. The molecule has 1 heterocycles. The van der Waals surface area contributed by atoms with E-state index in [1.807, 2.05) is 0 Å². The molecule has 0 amide bonds. The van der Waals surface area contributed by atoms with Gasteiger partial charge in [-0.15, -0.1) is 0 Å². The van der Waals surface area contributed by atoms with E-state index < -0.39 is 0 Å². The first-order valence-electron chi connectivity index (χ1n) is 8.30. The van der Waals surface area contributed by atoms with Gasteiger partial charge in [0.1, 0.15) is 0 Å². The SMILES string of the molecule is CCCN1CCOC(C(NCC)c2cccc(C)c2C)C1. The topological polar surface area (TPSA) is 24.5 Å². The van der Waals surface area contributed by atoms with E-state index >= 15 is 0 Å². The van der Waals surface area contributed by atoms with Crippen molar-refractivity contribution in [2.24, 2.45) is 0 Å². The van der Waals surface area contributed by atoms with Gasteiger partial charge in [-0.05, 0) is 50.0 Å². The van der Waals surface area contributed by atoms with Crippen molar-refractivity contribution in [1.82, 2.24) is 10.2 Å². The molecule has 0 spiro atoms. The molecule has 1 aromatic rings. The van der Waals surface area contributed by atoms with Crippen LogP contribution >= 0.6 is 0 Å². The Morgan fingerprint density at radius 3 is 2.86 bits per heavy atom. The molecule has 21 heavy (non-hydrogen) atoms. The molecule has 1 fully saturated rings. The summed E-state index contributed by atoms with van der Waals surface area (Å²) < 4.78 is 6.11. The molecule has 3 heteroatoms. The van der Waals surface area contributed by atoms with Gasteiger partial charge < -0.3 is 10.1 Å². The number of rotatable bonds is 6. The highest BCUT2D eigenvalue weighted by Crippen LogP contribution is 2.26. The van der Waals surface area contributed by atoms with Gasteiger partial charge in [-0.25, -0.2) is 0 Å². The molecular formula is C18H30N2O. The molecule has 1 N–H and O–H groups in total. The maximum Gasteiger partial charge on any atom is 0.0897 e. The number of likely N-dealkylation sites (N-methyl/N-ethyl adjacent to an activating group) is 1. The van der Waals surface area contributed by atoms with E-state index in [4.69, 9.17) is 4.74 Å². The second-order valence-electron chi connectivity index (χ2n) is 6.03. The minimum atomic E-state index is 0.241. The van der Waals surface area contributed by atoms with E-state index in [2.05, 4.69) is 56.1 Å². The number of morpholine rings is 1. The predicted molar refractivity (Wildman–Crippen MR) is 88.8 cm³/mol. The molecule has 0 saturated carbocycles. The van der Waals surface area contributed by atoms with Gasteiger partial charge in [0.05, 0.1) is 18.8 Å². The first kappa shape index (κ1) is 16.5. The second kappa shape index (κ2) is 7.92. The monoisotopic (exact) mass is 290 g/mol. The first-order chi connectivity index (χ1) is 10.2. The number of hydrogen-bond donors (Lipinski definition) is 1. The lowest BCUT2D eigenvalue weighted by atomic mass is 9.93. The van der Waals surface area contributed by atoms with Crippen LogP contribution in [-0.2, 0) is 4.74 Å². The number of nitrogens with one attached hydrogen (secondary N) is 1. The molecule has 2 rings (SSSR count). The maximum absolute atomic E-state index is 6.11. The Morgan fingerprint density at radius 2 is 2.14 bits per heavy atom. The van der Waals surface area contributed by atoms with Crippen LogP contribution in [0.25, 0.3) is 0 Å². The Kier molecular flexibility index (Phi) is 6.22. The molecule has 2 unspecified atom stereocenters. The average molecular weight is 290 g/mol.